The van der Waals surface area contributed by atoms with Crippen molar-refractivity contribution in [2.45, 2.75) is 20.8 Å². The Labute approximate surface area is 77.1 Å². The van der Waals surface area contributed by atoms with Gasteiger partial charge in [-0.2, -0.15) is 0 Å². The zero-order chi connectivity index (χ0) is 8.97. The zero-order valence-corrected chi connectivity index (χ0v) is 8.48. The number of benzene rings is 1. The van der Waals surface area contributed by atoms with Gasteiger partial charge in [0.15, 0.2) is 0 Å². The quantitative estimate of drug-likeness (QED) is 0.601. The number of rotatable bonds is 0. The second-order valence-electron chi connectivity index (χ2n) is 2.32. The molecule has 0 aliphatic heterocycles. The fourth-order valence-electron chi connectivity index (χ4n) is 0.962. The molecule has 2 rings (SSSR count). The van der Waals surface area contributed by atoms with Crippen LogP contribution in [0.5, 0.6) is 0 Å². The van der Waals surface area contributed by atoms with E-state index in [1.807, 2.05) is 19.4 Å². The summed E-state index contributed by atoms with van der Waals surface area (Å²) in [5.41, 5.74) is 4.29. The van der Waals surface area contributed by atoms with E-state index in [0.29, 0.717) is 0 Å². The molecule has 2 heteroatoms. The van der Waals surface area contributed by atoms with Gasteiger partial charge >= 0.3 is 0 Å². The Balaban J connectivity index is 0.000000336. The lowest BCUT2D eigenvalue weighted by molar-refractivity contribution is 1.46. The molecule has 0 atom stereocenters. The van der Waals surface area contributed by atoms with Crippen LogP contribution in [-0.4, -0.2) is 4.98 Å². The lowest BCUT2D eigenvalue weighted by Crippen LogP contribution is -1.69. The molecule has 0 saturated heterocycles. The first-order chi connectivity index (χ1) is 5.86. The number of hydrogen-bond donors (Lipinski definition) is 0. The van der Waals surface area contributed by atoms with Crippen molar-refractivity contribution in [2.75, 3.05) is 0 Å². The number of thiazole rings is 1. The first-order valence-electron chi connectivity index (χ1n) is 4.16. The molecule has 0 spiro atoms. The number of fused-ring (bicyclic) bond motifs is 1. The molecule has 0 aliphatic carbocycles. The first kappa shape index (κ1) is 9.20. The molecule has 0 radical (unpaired) electrons. The van der Waals surface area contributed by atoms with E-state index < -0.39 is 0 Å². The average molecular weight is 179 g/mol. The Morgan fingerprint density at radius 3 is 2.75 bits per heavy atom. The number of aryl methyl sites for hydroxylation is 1. The van der Waals surface area contributed by atoms with E-state index in [1.165, 1.54) is 10.3 Å². The number of nitrogens with zero attached hydrogens (tertiary/aromatic N) is 1. The standard InChI is InChI=1S/C8H7NS.C2H6/c1-6-2-3-7-8(4-6)10-5-9-7;1-2/h2-5H,1H3;1-2H3. The van der Waals surface area contributed by atoms with Crippen LogP contribution in [0.1, 0.15) is 19.4 Å². The second-order valence-corrected chi connectivity index (χ2v) is 3.21. The summed E-state index contributed by atoms with van der Waals surface area (Å²) in [5.74, 6) is 0. The highest BCUT2D eigenvalue weighted by molar-refractivity contribution is 7.16. The molecule has 0 unspecified atom stereocenters. The Hall–Kier alpha value is -0.890. The molecule has 1 heterocycles. The topological polar surface area (TPSA) is 12.9 Å². The van der Waals surface area contributed by atoms with Crippen LogP contribution >= 0.6 is 11.3 Å². The summed E-state index contributed by atoms with van der Waals surface area (Å²) in [7, 11) is 0. The fourth-order valence-corrected chi connectivity index (χ4v) is 1.74. The van der Waals surface area contributed by atoms with Crippen molar-refractivity contribution in [3.05, 3.63) is 29.3 Å². The molecule has 0 aliphatic rings. The van der Waals surface area contributed by atoms with E-state index in [2.05, 4.69) is 30.1 Å². The summed E-state index contributed by atoms with van der Waals surface area (Å²) in [4.78, 5) is 4.18. The Morgan fingerprint density at radius 2 is 2.00 bits per heavy atom. The number of hydrogen-bond acceptors (Lipinski definition) is 2. The molecular formula is C10H13NS. The average Bonchev–Trinajstić information content (AvgIpc) is 2.54. The molecule has 1 aromatic carbocycles. The molecule has 1 aromatic heterocycles. The third-order valence-electron chi connectivity index (χ3n) is 1.49. The summed E-state index contributed by atoms with van der Waals surface area (Å²) in [5, 5.41) is 0. The predicted octanol–water partition coefficient (Wildman–Crippen LogP) is 3.63. The van der Waals surface area contributed by atoms with Crippen LogP contribution in [0.4, 0.5) is 0 Å². The van der Waals surface area contributed by atoms with Crippen molar-refractivity contribution in [1.82, 2.24) is 4.98 Å². The zero-order valence-electron chi connectivity index (χ0n) is 7.66. The van der Waals surface area contributed by atoms with Gasteiger partial charge in [0, 0.05) is 0 Å². The van der Waals surface area contributed by atoms with Crippen LogP contribution in [0, 0.1) is 6.92 Å². The first-order valence-corrected chi connectivity index (χ1v) is 5.04. The minimum absolute atomic E-state index is 1.11. The minimum Gasteiger partial charge on any atom is -0.245 e. The van der Waals surface area contributed by atoms with E-state index in [4.69, 9.17) is 0 Å². The van der Waals surface area contributed by atoms with Crippen LogP contribution < -0.4 is 0 Å². The summed E-state index contributed by atoms with van der Waals surface area (Å²) < 4.78 is 1.28. The van der Waals surface area contributed by atoms with E-state index in [9.17, 15) is 0 Å². The van der Waals surface area contributed by atoms with Crippen molar-refractivity contribution in [1.29, 1.82) is 0 Å². The maximum Gasteiger partial charge on any atom is 0.0812 e. The Bertz CT molecular complexity index is 351. The highest BCUT2D eigenvalue weighted by Gasteiger charge is 1.93. The lowest BCUT2D eigenvalue weighted by atomic mass is 10.2. The smallest absolute Gasteiger partial charge is 0.0812 e. The third-order valence-corrected chi connectivity index (χ3v) is 2.28. The fraction of sp³-hybridized carbons (Fsp3) is 0.300. The van der Waals surface area contributed by atoms with Crippen LogP contribution in [-0.2, 0) is 0 Å². The van der Waals surface area contributed by atoms with Crippen molar-refractivity contribution < 1.29 is 0 Å². The monoisotopic (exact) mass is 179 g/mol. The summed E-state index contributed by atoms with van der Waals surface area (Å²) in [6.07, 6.45) is 0. The van der Waals surface area contributed by atoms with Gasteiger partial charge in [-0.05, 0) is 24.6 Å². The molecule has 0 bridgehead atoms. The predicted molar refractivity (Wildman–Crippen MR) is 55.7 cm³/mol. The number of aromatic nitrogens is 1. The van der Waals surface area contributed by atoms with Crippen LogP contribution in [0.25, 0.3) is 10.2 Å². The van der Waals surface area contributed by atoms with E-state index in [1.54, 1.807) is 11.3 Å². The van der Waals surface area contributed by atoms with Gasteiger partial charge in [-0.1, -0.05) is 19.9 Å². The summed E-state index contributed by atoms with van der Waals surface area (Å²) >= 11 is 1.69. The molecule has 0 amide bonds. The summed E-state index contributed by atoms with van der Waals surface area (Å²) in [6.45, 7) is 6.10. The molecule has 0 N–H and O–H groups in total. The third kappa shape index (κ3) is 1.83. The van der Waals surface area contributed by atoms with Gasteiger partial charge in [0.2, 0.25) is 0 Å². The van der Waals surface area contributed by atoms with Crippen molar-refractivity contribution in [3.63, 3.8) is 0 Å². The van der Waals surface area contributed by atoms with Crippen molar-refractivity contribution >= 4 is 21.6 Å². The van der Waals surface area contributed by atoms with E-state index in [-0.39, 0.29) is 0 Å². The SMILES string of the molecule is CC.Cc1ccc2ncsc2c1. The lowest BCUT2D eigenvalue weighted by Gasteiger charge is -1.88. The molecule has 0 fully saturated rings. The summed E-state index contributed by atoms with van der Waals surface area (Å²) in [6, 6.07) is 6.30. The Kier molecular flexibility index (Phi) is 3.23. The van der Waals surface area contributed by atoms with Crippen molar-refractivity contribution in [3.8, 4) is 0 Å². The van der Waals surface area contributed by atoms with Crippen LogP contribution in [0.2, 0.25) is 0 Å². The highest BCUT2D eigenvalue weighted by atomic mass is 32.1. The van der Waals surface area contributed by atoms with Gasteiger partial charge < -0.3 is 0 Å². The molecule has 1 nitrogen and oxygen atoms in total. The minimum atomic E-state index is 1.11. The van der Waals surface area contributed by atoms with Crippen molar-refractivity contribution in [2.24, 2.45) is 0 Å². The van der Waals surface area contributed by atoms with E-state index in [0.717, 1.165) is 5.52 Å². The van der Waals surface area contributed by atoms with Gasteiger partial charge in [-0.25, -0.2) is 4.98 Å². The molecule has 0 saturated carbocycles. The van der Waals surface area contributed by atoms with Gasteiger partial charge in [0.1, 0.15) is 0 Å². The second kappa shape index (κ2) is 4.21. The molecule has 2 aromatic rings. The van der Waals surface area contributed by atoms with Gasteiger partial charge in [0.05, 0.1) is 15.7 Å². The maximum absolute atomic E-state index is 4.18. The maximum atomic E-state index is 4.18. The van der Waals surface area contributed by atoms with Crippen LogP contribution in [0.15, 0.2) is 23.7 Å². The van der Waals surface area contributed by atoms with Crippen LogP contribution in [0.3, 0.4) is 0 Å². The largest absolute Gasteiger partial charge is 0.245 e. The molecule has 12 heavy (non-hydrogen) atoms. The van der Waals surface area contributed by atoms with Gasteiger partial charge in [0.25, 0.3) is 0 Å². The molecule has 64 valence electrons. The van der Waals surface area contributed by atoms with Gasteiger partial charge in [-0.3, -0.25) is 0 Å². The Morgan fingerprint density at radius 1 is 1.25 bits per heavy atom. The highest BCUT2D eigenvalue weighted by Crippen LogP contribution is 2.17. The molecular weight excluding hydrogens is 166 g/mol. The van der Waals surface area contributed by atoms with E-state index >= 15 is 0 Å². The van der Waals surface area contributed by atoms with Gasteiger partial charge in [-0.15, -0.1) is 11.3 Å². The normalized spacial score (nSPS) is 9.25.